The quantitative estimate of drug-likeness (QED) is 0.0517. The molecule has 0 fully saturated rings. The maximum absolute atomic E-state index is 15.4. The number of halogens is 40. The molecule has 1 heterocycles. The second kappa shape index (κ2) is 30.3. The fraction of sp³-hybridized carbons (Fsp3) is 0.0635. The SMILES string of the molecule is C[n+]1ccccc1.Cc1ccc([NH3+])c(C)c1C.Fc1c(F)c(F)c([B-](c2c(F)c(F)c(F)c(F)c2F)(c2c(F)c(F)c(F)c(F)c2F)c2c(F)c(F)c(F)c(F)c2F)c(F)c1F.Fc1c(F)c(F)c([B-](c2c(F)c(F)c(F)c(F)c2F)(c2c(F)c(F)c(F)c(F)c2F)c2c(F)c(F)c(F)c(F)c2F)c(F)c1F. The number of benzene rings is 9. The first-order valence-corrected chi connectivity index (χ1v) is 27.7. The molecular formula is C63H22B2F40N2. The molecule has 3 N–H and O–H groups in total. The molecule has 107 heavy (non-hydrogen) atoms. The molecule has 10 aromatic rings. The third kappa shape index (κ3) is 12.9. The van der Waals surface area contributed by atoms with E-state index in [0.717, 1.165) is 5.69 Å². The molecule has 0 unspecified atom stereocenters. The Kier molecular flexibility index (Phi) is 23.7. The number of hydrogen-bond acceptors (Lipinski definition) is 0. The summed E-state index contributed by atoms with van der Waals surface area (Å²) in [5.74, 6) is -143. The number of aromatic nitrogens is 1. The fourth-order valence-electron chi connectivity index (χ4n) is 11.2. The van der Waals surface area contributed by atoms with Crippen LogP contribution in [0.3, 0.4) is 0 Å². The minimum atomic E-state index is -7.22. The van der Waals surface area contributed by atoms with E-state index in [1.165, 1.54) is 16.7 Å². The van der Waals surface area contributed by atoms with E-state index in [1.807, 2.05) is 42.2 Å². The van der Waals surface area contributed by atoms with Crippen LogP contribution < -0.4 is 54.0 Å². The molecule has 0 bridgehead atoms. The zero-order chi connectivity index (χ0) is 81.5. The third-order valence-corrected chi connectivity index (χ3v) is 16.4. The molecule has 0 radical (unpaired) electrons. The lowest BCUT2D eigenvalue weighted by Gasteiger charge is -2.44. The van der Waals surface area contributed by atoms with E-state index in [0.29, 0.717) is 0 Å². The smallest absolute Gasteiger partial charge is 0.200 e. The molecule has 2 nitrogen and oxygen atoms in total. The van der Waals surface area contributed by atoms with Crippen molar-refractivity contribution < 1.29 is 186 Å². The van der Waals surface area contributed by atoms with Crippen LogP contribution in [0.5, 0.6) is 0 Å². The molecule has 0 aliphatic carbocycles. The van der Waals surface area contributed by atoms with Crippen LogP contribution in [0, 0.1) is 253 Å². The first kappa shape index (κ1) is 83.7. The summed E-state index contributed by atoms with van der Waals surface area (Å²) in [5, 5.41) is 0. The number of pyridine rings is 1. The van der Waals surface area contributed by atoms with E-state index in [9.17, 15) is 105 Å². The second-order valence-electron chi connectivity index (χ2n) is 21.9. The van der Waals surface area contributed by atoms with E-state index in [2.05, 4.69) is 38.6 Å². The van der Waals surface area contributed by atoms with Crippen LogP contribution >= 0.6 is 0 Å². The second-order valence-corrected chi connectivity index (χ2v) is 21.9. The summed E-state index contributed by atoms with van der Waals surface area (Å²) in [6.07, 6.45) is -10.4. The Bertz CT molecular complexity index is 4270. The highest BCUT2D eigenvalue weighted by atomic mass is 19.2. The van der Waals surface area contributed by atoms with Crippen LogP contribution in [0.15, 0.2) is 42.7 Å². The Hall–Kier alpha value is -10.6. The topological polar surface area (TPSA) is 31.5 Å². The summed E-state index contributed by atoms with van der Waals surface area (Å²) >= 11 is 0. The fourth-order valence-corrected chi connectivity index (χ4v) is 11.2. The van der Waals surface area contributed by atoms with Gasteiger partial charge in [-0.05, 0) is 38.0 Å². The van der Waals surface area contributed by atoms with Crippen molar-refractivity contribution in [2.45, 2.75) is 20.8 Å². The normalized spacial score (nSPS) is 11.6. The number of rotatable bonds is 8. The highest BCUT2D eigenvalue weighted by molar-refractivity contribution is 7.21. The van der Waals surface area contributed by atoms with Crippen LogP contribution in [0.25, 0.3) is 0 Å². The maximum atomic E-state index is 15.4. The lowest BCUT2D eigenvalue weighted by atomic mass is 9.12. The van der Waals surface area contributed by atoms with Crippen LogP contribution in [0.4, 0.5) is 181 Å². The van der Waals surface area contributed by atoms with Gasteiger partial charge in [0.25, 0.3) is 0 Å². The molecule has 0 spiro atoms. The van der Waals surface area contributed by atoms with E-state index >= 15 is 70.2 Å². The average molecular weight is 1590 g/mol. The number of nitrogens with zero attached hydrogens (tertiary/aromatic N) is 1. The van der Waals surface area contributed by atoms with Gasteiger partial charge in [0.05, 0.1) is 0 Å². The van der Waals surface area contributed by atoms with Crippen molar-refractivity contribution in [2.75, 3.05) is 0 Å². The Morgan fingerprint density at radius 2 is 0.327 bits per heavy atom. The van der Waals surface area contributed by atoms with E-state index in [1.54, 1.807) is 0 Å². The van der Waals surface area contributed by atoms with Crippen LogP contribution in [-0.2, 0) is 7.05 Å². The molecule has 0 atom stereocenters. The van der Waals surface area contributed by atoms with Gasteiger partial charge in [0, 0.05) is 17.7 Å². The molecule has 0 aliphatic rings. The molecule has 1 aromatic heterocycles. The van der Waals surface area contributed by atoms with Gasteiger partial charge in [-0.1, -0.05) is 12.1 Å². The van der Waals surface area contributed by atoms with E-state index < -0.39 is 289 Å². The summed E-state index contributed by atoms with van der Waals surface area (Å²) < 4.78 is 590. The lowest BCUT2D eigenvalue weighted by Crippen LogP contribution is -2.81. The van der Waals surface area contributed by atoms with Crippen molar-refractivity contribution in [3.8, 4) is 0 Å². The summed E-state index contributed by atoms with van der Waals surface area (Å²) in [6.45, 7) is 6.38. The molecule has 44 heteroatoms. The highest BCUT2D eigenvalue weighted by Crippen LogP contribution is 2.35. The van der Waals surface area contributed by atoms with Gasteiger partial charge in [-0.2, -0.15) is 0 Å². The van der Waals surface area contributed by atoms with Crippen molar-refractivity contribution in [1.82, 2.24) is 0 Å². The van der Waals surface area contributed by atoms with Crippen molar-refractivity contribution in [3.63, 3.8) is 0 Å². The molecule has 0 aliphatic heterocycles. The van der Waals surface area contributed by atoms with Gasteiger partial charge in [0.15, 0.2) is 152 Å². The lowest BCUT2D eigenvalue weighted by molar-refractivity contribution is -0.671. The predicted octanol–water partition coefficient (Wildman–Crippen LogP) is 13.7. The summed E-state index contributed by atoms with van der Waals surface area (Å²) in [6, 6.07) is 10.2. The zero-order valence-electron chi connectivity index (χ0n) is 51.5. The van der Waals surface area contributed by atoms with Crippen molar-refractivity contribution in [2.24, 2.45) is 7.05 Å². The van der Waals surface area contributed by atoms with Crippen LogP contribution in [0.2, 0.25) is 0 Å². The number of quaternary nitrogens is 1. The molecule has 0 saturated heterocycles. The van der Waals surface area contributed by atoms with Crippen molar-refractivity contribution in [1.29, 1.82) is 0 Å². The molecule has 9 aromatic carbocycles. The van der Waals surface area contributed by atoms with Crippen LogP contribution in [-0.4, -0.2) is 12.3 Å². The van der Waals surface area contributed by atoms with E-state index in [4.69, 9.17) is 0 Å². The zero-order valence-corrected chi connectivity index (χ0v) is 51.5. The molecular weight excluding hydrogens is 1570 g/mol. The minimum absolute atomic E-state index is 1.14. The van der Waals surface area contributed by atoms with Gasteiger partial charge >= 0.3 is 0 Å². The summed E-state index contributed by atoms with van der Waals surface area (Å²) in [4.78, 5) is 0. The average Bonchev–Trinajstić information content (AvgIpc) is 0.687. The Morgan fingerprint density at radius 1 is 0.196 bits per heavy atom. The number of aryl methyl sites for hydroxylation is 2. The number of hydrogen-bond donors (Lipinski definition) is 1. The first-order chi connectivity index (χ1) is 49.4. The van der Waals surface area contributed by atoms with Gasteiger partial charge < -0.3 is 5.73 Å². The minimum Gasteiger partial charge on any atom is -0.325 e. The Labute approximate surface area is 566 Å². The standard InChI is InChI=1S/2C24BF20.C9H13N.C6H8N/c2*26-5-1(6(27)14(35)21(42)13(5)34)25(2-7(28)15(36)22(43)16(37)8(2)29,3-9(30)17(38)23(44)18(39)10(3)31)4-11(32)19(40)24(45)20(41)12(4)33;1-6-4-5-9(10)8(3)7(6)2;1-7-5-3-2-4-6-7/h;;4-5H,10H2,1-3H3;2-6H,1H3/q2*-1;;+1/p+1. The Morgan fingerprint density at radius 3 is 0.439 bits per heavy atom. The monoisotopic (exact) mass is 1590 g/mol. The summed E-state index contributed by atoms with van der Waals surface area (Å²) in [5.41, 5.74) is -19.6. The van der Waals surface area contributed by atoms with Gasteiger partial charge in [0.2, 0.25) is 0 Å². The Balaban J connectivity index is 0.000000243. The van der Waals surface area contributed by atoms with Crippen molar-refractivity contribution >= 4 is 61.7 Å². The van der Waals surface area contributed by atoms with Gasteiger partial charge in [0.1, 0.15) is 118 Å². The van der Waals surface area contributed by atoms with Gasteiger partial charge in [-0.15, -0.1) is 43.7 Å². The van der Waals surface area contributed by atoms with E-state index in [-0.39, 0.29) is 0 Å². The maximum Gasteiger partial charge on any atom is 0.200 e. The summed E-state index contributed by atoms with van der Waals surface area (Å²) in [7, 11) is 2.00. The largest absolute Gasteiger partial charge is 0.325 e. The van der Waals surface area contributed by atoms with Gasteiger partial charge in [-0.3, -0.25) is 0 Å². The van der Waals surface area contributed by atoms with Crippen LogP contribution in [0.1, 0.15) is 16.7 Å². The first-order valence-electron chi connectivity index (χ1n) is 27.7. The van der Waals surface area contributed by atoms with Crippen molar-refractivity contribution in [3.05, 3.63) is 292 Å². The molecule has 570 valence electrons. The molecule has 0 amide bonds. The molecule has 10 rings (SSSR count). The van der Waals surface area contributed by atoms with Gasteiger partial charge in [-0.25, -0.2) is 180 Å². The predicted molar refractivity (Wildman–Crippen MR) is 289 cm³/mol. The molecule has 0 saturated carbocycles. The highest BCUT2D eigenvalue weighted by Gasteiger charge is 2.55. The third-order valence-electron chi connectivity index (χ3n) is 16.4.